The highest BCUT2D eigenvalue weighted by atomic mass is 16.6. The second-order valence-corrected chi connectivity index (χ2v) is 6.94. The number of anilines is 1. The fraction of sp³-hybridized carbons (Fsp3) is 0.500. The molecule has 1 spiro atoms. The van der Waals surface area contributed by atoms with Crippen LogP contribution in [0.4, 0.5) is 10.5 Å². The molecule has 3 rings (SSSR count). The van der Waals surface area contributed by atoms with Crippen LogP contribution in [0.25, 0.3) is 0 Å². The molecule has 8 heteroatoms. The summed E-state index contributed by atoms with van der Waals surface area (Å²) in [6, 6.07) is 7.00. The summed E-state index contributed by atoms with van der Waals surface area (Å²) < 4.78 is 5.72. The number of nitrogens with zero attached hydrogens (tertiary/aromatic N) is 2. The molecule has 1 aromatic carbocycles. The largest absolute Gasteiger partial charge is 0.481 e. The number of benzene rings is 1. The fourth-order valence-corrected chi connectivity index (χ4v) is 3.54. The van der Waals surface area contributed by atoms with Crippen LogP contribution in [0.5, 0.6) is 0 Å². The Bertz CT molecular complexity index is 696. The van der Waals surface area contributed by atoms with Gasteiger partial charge < -0.3 is 20.5 Å². The maximum Gasteiger partial charge on any atom is 0.415 e. The number of carboxylic acid groups (broad SMARTS) is 1. The Hall–Kier alpha value is -2.61. The lowest BCUT2D eigenvalue weighted by Gasteiger charge is -2.37. The summed E-state index contributed by atoms with van der Waals surface area (Å²) in [5, 5.41) is 16.2. The first-order chi connectivity index (χ1) is 12.4. The molecule has 0 radical (unpaired) electrons. The highest BCUT2D eigenvalue weighted by molar-refractivity contribution is 5.96. The average molecular weight is 360 g/mol. The standard InChI is InChI=1S/C18H24N4O4/c19-16(20)13-3-5-14(6-4-13)22-12-18(26-17(22)25)7-10-21(11-8-18)9-1-2-15(23)24/h3-6H,1-2,7-12H2,(H3,19,20)(H,23,24). The topological polar surface area (TPSA) is 120 Å². The van der Waals surface area contributed by atoms with Gasteiger partial charge in [0.15, 0.2) is 0 Å². The maximum atomic E-state index is 12.4. The second kappa shape index (κ2) is 7.33. The number of carbonyl (C=O) groups excluding carboxylic acids is 1. The van der Waals surface area contributed by atoms with E-state index >= 15 is 0 Å². The van der Waals surface area contributed by atoms with Crippen molar-refractivity contribution >= 4 is 23.6 Å². The van der Waals surface area contributed by atoms with Crippen molar-refractivity contribution in [1.29, 1.82) is 5.41 Å². The molecular weight excluding hydrogens is 336 g/mol. The summed E-state index contributed by atoms with van der Waals surface area (Å²) in [7, 11) is 0. The zero-order chi connectivity index (χ0) is 18.7. The fourth-order valence-electron chi connectivity index (χ4n) is 3.54. The molecule has 0 bridgehead atoms. The predicted molar refractivity (Wildman–Crippen MR) is 96.6 cm³/mol. The number of ether oxygens (including phenoxy) is 1. The van der Waals surface area contributed by atoms with Crippen LogP contribution in [0.1, 0.15) is 31.2 Å². The van der Waals surface area contributed by atoms with Crippen LogP contribution in [0.2, 0.25) is 0 Å². The number of rotatable bonds is 6. The van der Waals surface area contributed by atoms with Crippen molar-refractivity contribution in [2.24, 2.45) is 5.73 Å². The van der Waals surface area contributed by atoms with Gasteiger partial charge in [-0.15, -0.1) is 0 Å². The van der Waals surface area contributed by atoms with Gasteiger partial charge in [-0.25, -0.2) is 4.79 Å². The lowest BCUT2D eigenvalue weighted by atomic mass is 9.91. The third kappa shape index (κ3) is 3.96. The van der Waals surface area contributed by atoms with Crippen molar-refractivity contribution in [2.75, 3.05) is 31.1 Å². The van der Waals surface area contributed by atoms with Crippen LogP contribution in [0.15, 0.2) is 24.3 Å². The molecule has 2 heterocycles. The highest BCUT2D eigenvalue weighted by Gasteiger charge is 2.47. The Kier molecular flexibility index (Phi) is 5.13. The SMILES string of the molecule is N=C(N)c1ccc(N2CC3(CCN(CCCC(=O)O)CC3)OC2=O)cc1. The number of nitrogens with one attached hydrogen (secondary N) is 1. The average Bonchev–Trinajstić information content (AvgIpc) is 2.93. The molecule has 4 N–H and O–H groups in total. The number of nitrogen functional groups attached to an aromatic ring is 1. The molecule has 0 unspecified atom stereocenters. The molecule has 8 nitrogen and oxygen atoms in total. The van der Waals surface area contributed by atoms with Gasteiger partial charge in [-0.05, 0) is 37.2 Å². The third-order valence-corrected chi connectivity index (χ3v) is 5.09. The van der Waals surface area contributed by atoms with E-state index in [1.807, 2.05) is 0 Å². The van der Waals surface area contributed by atoms with E-state index in [9.17, 15) is 9.59 Å². The summed E-state index contributed by atoms with van der Waals surface area (Å²) >= 11 is 0. The van der Waals surface area contributed by atoms with Crippen LogP contribution in [0.3, 0.4) is 0 Å². The number of hydrogen-bond donors (Lipinski definition) is 3. The van der Waals surface area contributed by atoms with Crippen LogP contribution < -0.4 is 10.6 Å². The molecule has 140 valence electrons. The van der Waals surface area contributed by atoms with E-state index in [2.05, 4.69) is 4.90 Å². The van der Waals surface area contributed by atoms with E-state index in [0.29, 0.717) is 18.5 Å². The number of amidine groups is 1. The zero-order valence-corrected chi connectivity index (χ0v) is 14.6. The molecule has 2 saturated heterocycles. The minimum atomic E-state index is -0.769. The molecule has 1 amide bonds. The van der Waals surface area contributed by atoms with E-state index in [-0.39, 0.29) is 18.3 Å². The molecular formula is C18H24N4O4. The van der Waals surface area contributed by atoms with Crippen LogP contribution in [-0.2, 0) is 9.53 Å². The molecule has 26 heavy (non-hydrogen) atoms. The Morgan fingerprint density at radius 3 is 2.50 bits per heavy atom. The van der Waals surface area contributed by atoms with E-state index in [4.69, 9.17) is 21.0 Å². The summed E-state index contributed by atoms with van der Waals surface area (Å²) in [5.74, 6) is -0.776. The predicted octanol–water partition coefficient (Wildman–Crippen LogP) is 1.63. The molecule has 0 saturated carbocycles. The van der Waals surface area contributed by atoms with Crippen LogP contribution in [-0.4, -0.2) is 59.7 Å². The Morgan fingerprint density at radius 1 is 1.27 bits per heavy atom. The number of likely N-dealkylation sites (tertiary alicyclic amines) is 1. The zero-order valence-electron chi connectivity index (χ0n) is 14.6. The number of carboxylic acids is 1. The van der Waals surface area contributed by atoms with E-state index in [1.54, 1.807) is 29.2 Å². The third-order valence-electron chi connectivity index (χ3n) is 5.09. The summed E-state index contributed by atoms with van der Waals surface area (Å²) in [6.07, 6.45) is 1.96. The van der Waals surface area contributed by atoms with Crippen molar-refractivity contribution < 1.29 is 19.4 Å². The smallest absolute Gasteiger partial charge is 0.415 e. The molecule has 2 aliphatic rings. The van der Waals surface area contributed by atoms with Gasteiger partial charge in [-0.2, -0.15) is 0 Å². The second-order valence-electron chi connectivity index (χ2n) is 6.94. The number of aliphatic carboxylic acids is 1. The van der Waals surface area contributed by atoms with Gasteiger partial charge in [0.2, 0.25) is 0 Å². The summed E-state index contributed by atoms with van der Waals surface area (Å²) in [6.45, 7) is 2.86. The number of amides is 1. The van der Waals surface area contributed by atoms with E-state index in [0.717, 1.165) is 38.2 Å². The van der Waals surface area contributed by atoms with Gasteiger partial charge in [0, 0.05) is 43.6 Å². The van der Waals surface area contributed by atoms with Crippen LogP contribution >= 0.6 is 0 Å². The Morgan fingerprint density at radius 2 is 1.92 bits per heavy atom. The Labute approximate surface area is 152 Å². The monoisotopic (exact) mass is 360 g/mol. The van der Waals surface area contributed by atoms with Crippen LogP contribution in [0, 0.1) is 5.41 Å². The molecule has 1 aromatic rings. The van der Waals surface area contributed by atoms with E-state index < -0.39 is 11.6 Å². The van der Waals surface area contributed by atoms with Gasteiger partial charge in [-0.1, -0.05) is 0 Å². The number of hydrogen-bond acceptors (Lipinski definition) is 5. The molecule has 2 fully saturated rings. The van der Waals surface area contributed by atoms with Gasteiger partial charge in [0.05, 0.1) is 6.54 Å². The lowest BCUT2D eigenvalue weighted by molar-refractivity contribution is -0.137. The lowest BCUT2D eigenvalue weighted by Crippen LogP contribution is -2.47. The number of carbonyl (C=O) groups is 2. The van der Waals surface area contributed by atoms with Gasteiger partial charge in [-0.3, -0.25) is 15.1 Å². The summed E-state index contributed by atoms with van der Waals surface area (Å²) in [5.41, 5.74) is 6.34. The van der Waals surface area contributed by atoms with Crippen molar-refractivity contribution in [3.05, 3.63) is 29.8 Å². The first-order valence-corrected chi connectivity index (χ1v) is 8.78. The number of piperidine rings is 1. The molecule has 0 atom stereocenters. The van der Waals surface area contributed by atoms with E-state index in [1.165, 1.54) is 0 Å². The maximum absolute atomic E-state index is 12.4. The minimum Gasteiger partial charge on any atom is -0.481 e. The normalized spacial score (nSPS) is 19.5. The number of nitrogens with two attached hydrogens (primary N) is 1. The van der Waals surface area contributed by atoms with Gasteiger partial charge >= 0.3 is 12.1 Å². The highest BCUT2D eigenvalue weighted by Crippen LogP contribution is 2.35. The van der Waals surface area contributed by atoms with Gasteiger partial charge in [0.1, 0.15) is 11.4 Å². The molecule has 2 aliphatic heterocycles. The molecule has 0 aliphatic carbocycles. The van der Waals surface area contributed by atoms with Crippen molar-refractivity contribution in [3.63, 3.8) is 0 Å². The first-order valence-electron chi connectivity index (χ1n) is 8.78. The van der Waals surface area contributed by atoms with Crippen molar-refractivity contribution in [3.8, 4) is 0 Å². The van der Waals surface area contributed by atoms with Crippen molar-refractivity contribution in [2.45, 2.75) is 31.3 Å². The van der Waals surface area contributed by atoms with Gasteiger partial charge in [0.25, 0.3) is 0 Å². The molecule has 0 aromatic heterocycles. The Balaban J connectivity index is 1.58. The van der Waals surface area contributed by atoms with Crippen molar-refractivity contribution in [1.82, 2.24) is 4.90 Å². The quantitative estimate of drug-likeness (QED) is 0.524. The summed E-state index contributed by atoms with van der Waals surface area (Å²) in [4.78, 5) is 26.8. The minimum absolute atomic E-state index is 0.00714. The first kappa shape index (κ1) is 18.2.